The van der Waals surface area contributed by atoms with Gasteiger partial charge in [0.2, 0.25) is 6.71 Å². The fourth-order valence-corrected chi connectivity index (χ4v) is 14.2. The molecule has 0 saturated heterocycles. The van der Waals surface area contributed by atoms with Crippen molar-refractivity contribution in [3.05, 3.63) is 191 Å². The molecule has 0 unspecified atom stereocenters. The van der Waals surface area contributed by atoms with Crippen molar-refractivity contribution in [1.29, 1.82) is 0 Å². The van der Waals surface area contributed by atoms with Crippen molar-refractivity contribution >= 4 is 79.0 Å². The Morgan fingerprint density at radius 2 is 0.895 bits per heavy atom. The lowest BCUT2D eigenvalue weighted by Gasteiger charge is -2.45. The molecule has 13 rings (SSSR count). The van der Waals surface area contributed by atoms with Crippen molar-refractivity contribution in [2.45, 2.75) is 155 Å². The zero-order valence-corrected chi connectivity index (χ0v) is 47.8. The second-order valence-corrected chi connectivity index (χ2v) is 28.0. The van der Waals surface area contributed by atoms with Gasteiger partial charge in [-0.15, -0.1) is 0 Å². The van der Waals surface area contributed by atoms with E-state index in [4.69, 9.17) is 0 Å². The molecule has 0 amide bonds. The monoisotopic (exact) mass is 994 g/mol. The highest BCUT2D eigenvalue weighted by molar-refractivity contribution is 7.01. The molecular formula is C72H76BN3. The quantitative estimate of drug-likeness (QED) is 0.159. The van der Waals surface area contributed by atoms with Crippen LogP contribution in [-0.2, 0) is 32.5 Å². The van der Waals surface area contributed by atoms with E-state index in [1.807, 2.05) is 0 Å². The number of aromatic nitrogens is 1. The van der Waals surface area contributed by atoms with E-state index in [-0.39, 0.29) is 39.2 Å². The maximum atomic E-state index is 2.71. The summed E-state index contributed by atoms with van der Waals surface area (Å²) in [5.41, 5.74) is 26.7. The topological polar surface area (TPSA) is 11.4 Å². The first kappa shape index (κ1) is 48.8. The molecule has 4 aliphatic rings. The van der Waals surface area contributed by atoms with Crippen LogP contribution in [0.1, 0.15) is 156 Å². The second-order valence-electron chi connectivity index (χ2n) is 28.0. The predicted molar refractivity (Wildman–Crippen MR) is 328 cm³/mol. The van der Waals surface area contributed by atoms with Gasteiger partial charge in [0.15, 0.2) is 0 Å². The van der Waals surface area contributed by atoms with Gasteiger partial charge in [0.05, 0.1) is 11.0 Å². The molecule has 4 heteroatoms. The van der Waals surface area contributed by atoms with E-state index in [0.29, 0.717) is 0 Å². The zero-order valence-electron chi connectivity index (χ0n) is 47.8. The Morgan fingerprint density at radius 1 is 0.408 bits per heavy atom. The third kappa shape index (κ3) is 7.43. The van der Waals surface area contributed by atoms with Gasteiger partial charge in [-0.1, -0.05) is 181 Å². The minimum atomic E-state index is 0.0194. The number of hydrogen-bond donors (Lipinski definition) is 0. The first-order valence-electron chi connectivity index (χ1n) is 28.4. The number of nitrogens with zero attached hydrogens (tertiary/aromatic N) is 3. The lowest BCUT2D eigenvalue weighted by atomic mass is 9.36. The van der Waals surface area contributed by atoms with Crippen molar-refractivity contribution in [2.75, 3.05) is 9.80 Å². The molecule has 0 bridgehead atoms. The molecule has 0 fully saturated rings. The predicted octanol–water partition coefficient (Wildman–Crippen LogP) is 17.8. The van der Waals surface area contributed by atoms with E-state index in [9.17, 15) is 0 Å². The lowest BCUT2D eigenvalue weighted by Crippen LogP contribution is -2.55. The summed E-state index contributed by atoms with van der Waals surface area (Å²) in [6, 6.07) is 62.1. The average molecular weight is 994 g/mol. The molecule has 0 spiro atoms. The van der Waals surface area contributed by atoms with Gasteiger partial charge >= 0.3 is 0 Å². The maximum absolute atomic E-state index is 2.71. The van der Waals surface area contributed by atoms with Crippen LogP contribution in [0.3, 0.4) is 0 Å². The van der Waals surface area contributed by atoms with Gasteiger partial charge < -0.3 is 14.4 Å². The fourth-order valence-electron chi connectivity index (χ4n) is 14.2. The Balaban J connectivity index is 1.12. The number of para-hydroxylation sites is 2. The van der Waals surface area contributed by atoms with Crippen LogP contribution in [-0.4, -0.2) is 11.3 Å². The van der Waals surface area contributed by atoms with Crippen LogP contribution < -0.4 is 26.2 Å². The number of rotatable bonds is 5. The van der Waals surface area contributed by atoms with Crippen LogP contribution >= 0.6 is 0 Å². The SMILES string of the molecule is CC(C)(C)c1ccc(N(c2ccc(C(C)(C)C)cc2)c2ccc3c(c2)B2c4cc5c(cc4N(c4ccc6c(c4)C(C)(C)CCC6(C)C)c4cc(-n6c7ccccc7c7ccccc76)cc-3c42)C(C)(C)CCC5(C)C)cc1. The normalized spacial score (nSPS) is 17.5. The van der Waals surface area contributed by atoms with Crippen LogP contribution in [0.15, 0.2) is 158 Å². The third-order valence-corrected chi connectivity index (χ3v) is 19.0. The number of anilines is 6. The first-order chi connectivity index (χ1) is 35.9. The summed E-state index contributed by atoms with van der Waals surface area (Å²) in [5.74, 6) is 0. The van der Waals surface area contributed by atoms with Crippen molar-refractivity contribution in [3.8, 4) is 16.8 Å². The van der Waals surface area contributed by atoms with E-state index in [0.717, 1.165) is 24.2 Å². The van der Waals surface area contributed by atoms with Crippen molar-refractivity contribution in [3.63, 3.8) is 0 Å². The van der Waals surface area contributed by atoms with Crippen LogP contribution in [0.25, 0.3) is 38.6 Å². The third-order valence-electron chi connectivity index (χ3n) is 19.0. The molecule has 2 aliphatic carbocycles. The molecule has 382 valence electrons. The number of benzene rings is 8. The highest BCUT2D eigenvalue weighted by Gasteiger charge is 2.47. The summed E-state index contributed by atoms with van der Waals surface area (Å²) in [6.07, 6.45) is 4.68. The molecule has 1 aromatic heterocycles. The lowest BCUT2D eigenvalue weighted by molar-refractivity contribution is 0.332. The highest BCUT2D eigenvalue weighted by atomic mass is 15.2. The summed E-state index contributed by atoms with van der Waals surface area (Å²) < 4.78 is 2.54. The Bertz CT molecular complexity index is 3740. The van der Waals surface area contributed by atoms with Gasteiger partial charge in [0.1, 0.15) is 0 Å². The molecule has 9 aromatic rings. The molecule has 2 aliphatic heterocycles. The maximum Gasteiger partial charge on any atom is 0.248 e. The Kier molecular flexibility index (Phi) is 10.5. The summed E-state index contributed by atoms with van der Waals surface area (Å²) in [5, 5.41) is 2.55. The summed E-state index contributed by atoms with van der Waals surface area (Å²) in [7, 11) is 0. The molecule has 0 saturated carbocycles. The average Bonchev–Trinajstić information content (AvgIpc) is 3.91. The van der Waals surface area contributed by atoms with E-state index < -0.39 is 0 Å². The van der Waals surface area contributed by atoms with Gasteiger partial charge in [0.25, 0.3) is 0 Å². The van der Waals surface area contributed by atoms with Crippen molar-refractivity contribution in [2.24, 2.45) is 0 Å². The molecule has 3 heterocycles. The minimum Gasteiger partial charge on any atom is -0.311 e. The Morgan fingerprint density at radius 3 is 1.43 bits per heavy atom. The largest absolute Gasteiger partial charge is 0.311 e. The molecule has 8 aromatic carbocycles. The van der Waals surface area contributed by atoms with Gasteiger partial charge in [-0.2, -0.15) is 0 Å². The minimum absolute atomic E-state index is 0.0194. The number of hydrogen-bond acceptors (Lipinski definition) is 2. The van der Waals surface area contributed by atoms with Gasteiger partial charge in [-0.05, 0) is 192 Å². The molecule has 0 radical (unpaired) electrons. The molecule has 0 N–H and O–H groups in total. The smallest absolute Gasteiger partial charge is 0.248 e. The summed E-state index contributed by atoms with van der Waals surface area (Å²) in [6.45, 7) is 33.7. The fraction of sp³-hybridized carbons (Fsp3) is 0.333. The second kappa shape index (κ2) is 16.4. The van der Waals surface area contributed by atoms with Crippen LogP contribution in [0.5, 0.6) is 0 Å². The highest BCUT2D eigenvalue weighted by Crippen LogP contribution is 2.53. The van der Waals surface area contributed by atoms with E-state index in [2.05, 4.69) is 269 Å². The summed E-state index contributed by atoms with van der Waals surface area (Å²) >= 11 is 0. The van der Waals surface area contributed by atoms with Gasteiger partial charge in [0, 0.05) is 50.6 Å². The molecular weight excluding hydrogens is 918 g/mol. The van der Waals surface area contributed by atoms with Crippen molar-refractivity contribution in [1.82, 2.24) is 4.57 Å². The summed E-state index contributed by atoms with van der Waals surface area (Å²) in [4.78, 5) is 5.21. The van der Waals surface area contributed by atoms with E-state index >= 15 is 0 Å². The van der Waals surface area contributed by atoms with E-state index in [1.54, 1.807) is 0 Å². The van der Waals surface area contributed by atoms with Crippen LogP contribution in [0.2, 0.25) is 0 Å². The Labute approximate surface area is 454 Å². The standard InChI is InChI=1S/C72H76BN3/c1-67(2,3)45-23-27-47(28-24-45)74(48-29-25-46(26-30-48)68(4,5)6)50-31-33-52-55-39-51(76-62-21-17-15-19-53(62)54-20-16-18-22-63(54)76)42-65-66(55)73(60(52)41-50)61-43-58-59(72(13,14)38-37-71(58,11)12)44-64(61)75(65)49-32-34-56-57(40-49)70(9,10)36-35-69(56,7)8/h15-34,39-44H,35-38H2,1-14H3. The van der Waals surface area contributed by atoms with Crippen LogP contribution in [0.4, 0.5) is 34.1 Å². The zero-order chi connectivity index (χ0) is 53.2. The molecule has 76 heavy (non-hydrogen) atoms. The van der Waals surface area contributed by atoms with Gasteiger partial charge in [-0.3, -0.25) is 0 Å². The van der Waals surface area contributed by atoms with E-state index in [1.165, 1.54) is 124 Å². The Hall–Kier alpha value is -6.78. The first-order valence-corrected chi connectivity index (χ1v) is 28.4. The van der Waals surface area contributed by atoms with Gasteiger partial charge in [-0.25, -0.2) is 0 Å². The van der Waals surface area contributed by atoms with Crippen LogP contribution in [0, 0.1) is 0 Å². The number of fused-ring (bicyclic) bond motifs is 10. The van der Waals surface area contributed by atoms with Crippen molar-refractivity contribution < 1.29 is 0 Å². The molecule has 0 atom stereocenters. The molecule has 3 nitrogen and oxygen atoms in total.